The van der Waals surface area contributed by atoms with Gasteiger partial charge in [0.2, 0.25) is 11.8 Å². The Labute approximate surface area is 219 Å². The quantitative estimate of drug-likeness (QED) is 0.465. The van der Waals surface area contributed by atoms with Gasteiger partial charge >= 0.3 is 0 Å². The van der Waals surface area contributed by atoms with E-state index in [2.05, 4.69) is 36.7 Å². The summed E-state index contributed by atoms with van der Waals surface area (Å²) in [5.74, 6) is -1.86. The zero-order valence-corrected chi connectivity index (χ0v) is 21.9. The first-order valence-electron chi connectivity index (χ1n) is 12.2. The largest absolute Gasteiger partial charge is 0.393 e. The molecule has 2 fully saturated rings. The number of nitrogens with one attached hydrogen (secondary N) is 3. The number of rotatable bonds is 4. The molecule has 1 saturated heterocycles. The highest BCUT2D eigenvalue weighted by Crippen LogP contribution is 2.57. The number of benzene rings is 2. The third-order valence-corrected chi connectivity index (χ3v) is 8.18. The lowest BCUT2D eigenvalue weighted by molar-refractivity contribution is -0.125. The van der Waals surface area contributed by atoms with E-state index in [4.69, 9.17) is 23.2 Å². The van der Waals surface area contributed by atoms with E-state index < -0.39 is 35.3 Å². The Kier molecular flexibility index (Phi) is 6.35. The highest BCUT2D eigenvalue weighted by atomic mass is 35.5. The molecule has 0 unspecified atom stereocenters. The fourth-order valence-corrected chi connectivity index (χ4v) is 6.49. The zero-order chi connectivity index (χ0) is 26.0. The van der Waals surface area contributed by atoms with Crippen molar-refractivity contribution < 1.29 is 19.1 Å². The summed E-state index contributed by atoms with van der Waals surface area (Å²) >= 11 is 12.5. The van der Waals surface area contributed by atoms with Crippen molar-refractivity contribution in [3.8, 4) is 0 Å². The van der Waals surface area contributed by atoms with Crippen molar-refractivity contribution in [2.45, 2.75) is 75.6 Å². The van der Waals surface area contributed by atoms with Gasteiger partial charge in [0.05, 0.1) is 17.2 Å². The van der Waals surface area contributed by atoms with E-state index in [0.717, 1.165) is 0 Å². The van der Waals surface area contributed by atoms with Crippen LogP contribution in [-0.2, 0) is 15.0 Å². The van der Waals surface area contributed by atoms with Gasteiger partial charge in [0, 0.05) is 28.7 Å². The molecule has 4 atom stereocenters. The van der Waals surface area contributed by atoms with Crippen LogP contribution < -0.4 is 16.0 Å². The van der Waals surface area contributed by atoms with Crippen LogP contribution >= 0.6 is 23.2 Å². The Morgan fingerprint density at radius 3 is 2.58 bits per heavy atom. The minimum Gasteiger partial charge on any atom is -0.393 e. The Hall–Kier alpha value is -2.19. The molecule has 1 spiro atoms. The molecule has 1 saturated carbocycles. The summed E-state index contributed by atoms with van der Waals surface area (Å²) in [7, 11) is 0. The fourth-order valence-electron chi connectivity index (χ4n) is 6.13. The summed E-state index contributed by atoms with van der Waals surface area (Å²) in [6, 6.07) is 8.50. The Bertz CT molecular complexity index is 1230. The fraction of sp³-hybridized carbons (Fsp3) is 0.481. The molecule has 5 rings (SSSR count). The third-order valence-electron chi connectivity index (χ3n) is 7.65. The summed E-state index contributed by atoms with van der Waals surface area (Å²) in [4.78, 5) is 27.7. The number of hydrogen-bond acceptors (Lipinski definition) is 4. The van der Waals surface area contributed by atoms with Crippen molar-refractivity contribution in [3.63, 3.8) is 0 Å². The van der Waals surface area contributed by atoms with Crippen LogP contribution in [0.25, 0.3) is 0 Å². The minimum absolute atomic E-state index is 0.0819. The van der Waals surface area contributed by atoms with Gasteiger partial charge in [0.25, 0.3) is 0 Å². The second-order valence-corrected chi connectivity index (χ2v) is 12.3. The number of hydrogen-bond donors (Lipinski definition) is 4. The lowest BCUT2D eigenvalue weighted by atomic mass is 9.62. The van der Waals surface area contributed by atoms with Crippen LogP contribution in [0, 0.1) is 11.2 Å². The molecule has 36 heavy (non-hydrogen) atoms. The van der Waals surface area contributed by atoms with Crippen LogP contribution in [0.1, 0.15) is 57.1 Å². The van der Waals surface area contributed by atoms with Crippen molar-refractivity contribution >= 4 is 40.7 Å². The van der Waals surface area contributed by atoms with Gasteiger partial charge in [-0.3, -0.25) is 9.59 Å². The van der Waals surface area contributed by atoms with E-state index in [1.54, 1.807) is 18.2 Å². The molecule has 0 bridgehead atoms. The van der Waals surface area contributed by atoms with Crippen LogP contribution in [0.2, 0.25) is 10.0 Å². The smallest absolute Gasteiger partial charge is 0.238 e. The molecule has 2 amide bonds. The molecule has 4 N–H and O–H groups in total. The van der Waals surface area contributed by atoms with Gasteiger partial charge in [-0.15, -0.1) is 0 Å². The lowest BCUT2D eigenvalue weighted by Crippen LogP contribution is -2.53. The van der Waals surface area contributed by atoms with Crippen molar-refractivity contribution in [1.29, 1.82) is 0 Å². The van der Waals surface area contributed by atoms with Crippen LogP contribution in [0.15, 0.2) is 36.4 Å². The summed E-state index contributed by atoms with van der Waals surface area (Å²) in [6.07, 6.45) is 1.11. The van der Waals surface area contributed by atoms with Crippen molar-refractivity contribution in [3.05, 3.63) is 63.4 Å². The van der Waals surface area contributed by atoms with Crippen LogP contribution in [0.3, 0.4) is 0 Å². The van der Waals surface area contributed by atoms with Gasteiger partial charge in [-0.05, 0) is 60.1 Å². The number of anilines is 1. The lowest BCUT2D eigenvalue weighted by Gasteiger charge is -2.38. The SMILES string of the molecule is CC(C)(C)C[C@H]1N[C@@H](C(=O)NC2CC(O)C2)[C@H](c2cccc(Cl)c2)[C@@]12C(=O)Nc1cc(Cl)c(F)cc12. The van der Waals surface area contributed by atoms with Crippen molar-refractivity contribution in [1.82, 2.24) is 10.6 Å². The zero-order valence-electron chi connectivity index (χ0n) is 20.4. The topological polar surface area (TPSA) is 90.5 Å². The van der Waals surface area contributed by atoms with Gasteiger partial charge in [0.15, 0.2) is 0 Å². The number of fused-ring (bicyclic) bond motifs is 2. The maximum atomic E-state index is 14.9. The summed E-state index contributed by atoms with van der Waals surface area (Å²) in [5, 5.41) is 19.5. The first-order valence-corrected chi connectivity index (χ1v) is 13.0. The van der Waals surface area contributed by atoms with Gasteiger partial charge in [-0.25, -0.2) is 4.39 Å². The maximum absolute atomic E-state index is 14.9. The highest BCUT2D eigenvalue weighted by Gasteiger charge is 2.66. The Morgan fingerprint density at radius 2 is 1.94 bits per heavy atom. The summed E-state index contributed by atoms with van der Waals surface area (Å²) < 4.78 is 14.9. The number of aliphatic hydroxyl groups excluding tert-OH is 1. The molecular weight excluding hydrogens is 504 g/mol. The monoisotopic (exact) mass is 533 g/mol. The van der Waals surface area contributed by atoms with Crippen molar-refractivity contribution in [2.24, 2.45) is 5.41 Å². The standard InChI is InChI=1S/C27H30Cl2FN3O3/c1-26(2,3)12-21-27(17-10-19(30)18(29)11-20(17)32-25(27)36)22(13-5-4-6-14(28)7-13)23(33-21)24(35)31-15-8-16(34)9-15/h4-7,10-11,15-16,21-23,33-34H,8-9,12H2,1-3H3,(H,31,35)(H,32,36)/t15?,16?,21-,22+,23-,27+/m1/s1. The minimum atomic E-state index is -1.28. The van der Waals surface area contributed by atoms with E-state index in [1.807, 2.05) is 6.07 Å². The first-order chi connectivity index (χ1) is 16.9. The molecule has 0 radical (unpaired) electrons. The Morgan fingerprint density at radius 1 is 1.22 bits per heavy atom. The molecular formula is C27H30Cl2FN3O3. The molecule has 3 aliphatic rings. The number of carbonyl (C=O) groups is 2. The van der Waals surface area contributed by atoms with E-state index in [9.17, 15) is 19.1 Å². The Balaban J connectivity index is 1.70. The van der Waals surface area contributed by atoms with Gasteiger partial charge in [-0.1, -0.05) is 56.1 Å². The van der Waals surface area contributed by atoms with E-state index in [-0.39, 0.29) is 28.3 Å². The number of amides is 2. The predicted molar refractivity (Wildman–Crippen MR) is 138 cm³/mol. The van der Waals surface area contributed by atoms with E-state index in [0.29, 0.717) is 41.1 Å². The average Bonchev–Trinajstić information content (AvgIpc) is 3.22. The van der Waals surface area contributed by atoms with Crippen LogP contribution in [0.5, 0.6) is 0 Å². The highest BCUT2D eigenvalue weighted by molar-refractivity contribution is 6.31. The van der Waals surface area contributed by atoms with Crippen molar-refractivity contribution in [2.75, 3.05) is 5.32 Å². The summed E-state index contributed by atoms with van der Waals surface area (Å²) in [6.45, 7) is 6.20. The molecule has 0 aromatic heterocycles. The molecule has 2 aliphatic heterocycles. The van der Waals surface area contributed by atoms with Gasteiger partial charge in [-0.2, -0.15) is 0 Å². The van der Waals surface area contributed by atoms with Gasteiger partial charge in [0.1, 0.15) is 11.2 Å². The number of halogens is 3. The number of carbonyl (C=O) groups excluding carboxylic acids is 2. The maximum Gasteiger partial charge on any atom is 0.238 e. The molecule has 2 aromatic carbocycles. The second-order valence-electron chi connectivity index (χ2n) is 11.5. The molecule has 1 aliphatic carbocycles. The third kappa shape index (κ3) is 4.20. The molecule has 6 nitrogen and oxygen atoms in total. The van der Waals surface area contributed by atoms with Crippen LogP contribution in [-0.4, -0.2) is 41.2 Å². The van der Waals surface area contributed by atoms with E-state index in [1.165, 1.54) is 12.1 Å². The van der Waals surface area contributed by atoms with Crippen LogP contribution in [0.4, 0.5) is 10.1 Å². The van der Waals surface area contributed by atoms with Gasteiger partial charge < -0.3 is 21.1 Å². The first kappa shape index (κ1) is 25.5. The molecule has 2 heterocycles. The van der Waals surface area contributed by atoms with E-state index >= 15 is 0 Å². The second kappa shape index (κ2) is 8.98. The summed E-state index contributed by atoms with van der Waals surface area (Å²) in [5.41, 5.74) is 0.150. The average molecular weight is 534 g/mol. The predicted octanol–water partition coefficient (Wildman–Crippen LogP) is 4.52. The molecule has 192 valence electrons. The molecule has 2 aromatic rings. The number of aliphatic hydroxyl groups is 1. The normalized spacial score (nSPS) is 31.2. The molecule has 9 heteroatoms.